The van der Waals surface area contributed by atoms with E-state index < -0.39 is 24.5 Å². The predicted molar refractivity (Wildman–Crippen MR) is 106 cm³/mol. The molecule has 1 N–H and O–H groups in total. The molecule has 3 aromatic rings. The second-order valence-electron chi connectivity index (χ2n) is 6.24. The van der Waals surface area contributed by atoms with Crippen LogP contribution in [0.5, 0.6) is 0 Å². The molecular weight excluding hydrogens is 374 g/mol. The van der Waals surface area contributed by atoms with Gasteiger partial charge in [0.25, 0.3) is 5.91 Å². The second kappa shape index (κ2) is 9.01. The fourth-order valence-corrected chi connectivity index (χ4v) is 2.93. The predicted octanol–water partition coefficient (Wildman–Crippen LogP) is 2.57. The first-order valence-corrected chi connectivity index (χ1v) is 9.09. The number of carbonyl (C=O) groups excluding carboxylic acids is 3. The monoisotopic (exact) mass is 395 g/mol. The van der Waals surface area contributed by atoms with Gasteiger partial charge in [0, 0.05) is 12.1 Å². The Morgan fingerprint density at radius 2 is 1.90 bits per heavy atom. The fraction of sp³-hybridized carbons (Fsp3) is 0.238. The lowest BCUT2D eigenvalue weighted by Crippen LogP contribution is -2.23. The Labute approximate surface area is 167 Å². The third kappa shape index (κ3) is 4.78. The van der Waals surface area contributed by atoms with Crippen LogP contribution in [0.25, 0.3) is 11.0 Å². The molecule has 150 valence electrons. The van der Waals surface area contributed by atoms with Crippen LogP contribution in [0.1, 0.15) is 23.1 Å². The number of methoxy groups -OCH3 is 1. The smallest absolute Gasteiger partial charge is 0.337 e. The Balaban J connectivity index is 1.59. The van der Waals surface area contributed by atoms with Gasteiger partial charge in [0.15, 0.2) is 6.61 Å². The highest BCUT2D eigenvalue weighted by Gasteiger charge is 2.15. The summed E-state index contributed by atoms with van der Waals surface area (Å²) in [5.74, 6) is -0.785. The van der Waals surface area contributed by atoms with E-state index in [1.165, 1.54) is 13.2 Å². The van der Waals surface area contributed by atoms with Crippen LogP contribution in [0.2, 0.25) is 0 Å². The van der Waals surface area contributed by atoms with Crippen molar-refractivity contribution in [2.24, 2.45) is 0 Å². The number of fused-ring (bicyclic) bond motifs is 1. The summed E-state index contributed by atoms with van der Waals surface area (Å²) in [4.78, 5) is 40.4. The normalized spacial score (nSPS) is 10.6. The lowest BCUT2D eigenvalue weighted by atomic mass is 10.2. The zero-order valence-corrected chi connectivity index (χ0v) is 16.2. The van der Waals surface area contributed by atoms with Gasteiger partial charge in [-0.05, 0) is 30.3 Å². The molecule has 0 spiro atoms. The number of ether oxygens (including phenoxy) is 2. The van der Waals surface area contributed by atoms with Crippen molar-refractivity contribution in [1.82, 2.24) is 9.55 Å². The SMILES string of the molecule is CCc1nc2ccccc2n1CC(=O)OCC(=O)Nc1cccc(C(=O)OC)c1. The van der Waals surface area contributed by atoms with Crippen LogP contribution < -0.4 is 5.32 Å². The van der Waals surface area contributed by atoms with Crippen molar-refractivity contribution in [2.75, 3.05) is 19.0 Å². The lowest BCUT2D eigenvalue weighted by molar-refractivity contribution is -0.147. The molecule has 0 atom stereocenters. The van der Waals surface area contributed by atoms with Crippen molar-refractivity contribution in [2.45, 2.75) is 19.9 Å². The van der Waals surface area contributed by atoms with Gasteiger partial charge in [0.2, 0.25) is 0 Å². The number of nitrogens with one attached hydrogen (secondary N) is 1. The maximum Gasteiger partial charge on any atom is 0.337 e. The molecule has 0 aliphatic carbocycles. The standard InChI is InChI=1S/C21H21N3O5/c1-3-18-23-16-9-4-5-10-17(16)24(18)12-20(26)29-13-19(25)22-15-8-6-7-14(11-15)21(27)28-2/h4-11H,3,12-13H2,1-2H3,(H,22,25). The molecule has 0 radical (unpaired) electrons. The van der Waals surface area contributed by atoms with E-state index in [-0.39, 0.29) is 6.54 Å². The number of para-hydroxylation sites is 2. The van der Waals surface area contributed by atoms with Gasteiger partial charge in [-0.2, -0.15) is 0 Å². The number of hydrogen-bond donors (Lipinski definition) is 1. The van der Waals surface area contributed by atoms with Crippen molar-refractivity contribution in [3.8, 4) is 0 Å². The molecule has 0 aliphatic rings. The number of aryl methyl sites for hydroxylation is 1. The highest BCUT2D eigenvalue weighted by atomic mass is 16.5. The van der Waals surface area contributed by atoms with Crippen LogP contribution in [0, 0.1) is 0 Å². The van der Waals surface area contributed by atoms with E-state index in [9.17, 15) is 14.4 Å². The summed E-state index contributed by atoms with van der Waals surface area (Å²) in [7, 11) is 1.28. The second-order valence-corrected chi connectivity index (χ2v) is 6.24. The van der Waals surface area contributed by atoms with E-state index in [0.29, 0.717) is 17.7 Å². The quantitative estimate of drug-likeness (QED) is 0.617. The third-order valence-corrected chi connectivity index (χ3v) is 4.27. The molecular formula is C21H21N3O5. The molecule has 0 saturated carbocycles. The van der Waals surface area contributed by atoms with Crippen LogP contribution >= 0.6 is 0 Å². The van der Waals surface area contributed by atoms with Gasteiger partial charge in [0.1, 0.15) is 12.4 Å². The van der Waals surface area contributed by atoms with Crippen LogP contribution in [0.4, 0.5) is 5.69 Å². The lowest BCUT2D eigenvalue weighted by Gasteiger charge is -2.10. The molecule has 0 aliphatic heterocycles. The molecule has 8 heteroatoms. The van der Waals surface area contributed by atoms with Crippen LogP contribution in [0.15, 0.2) is 48.5 Å². The first-order valence-electron chi connectivity index (χ1n) is 9.09. The van der Waals surface area contributed by atoms with E-state index in [2.05, 4.69) is 15.0 Å². The van der Waals surface area contributed by atoms with Crippen LogP contribution in [-0.4, -0.2) is 41.1 Å². The summed E-state index contributed by atoms with van der Waals surface area (Å²) < 4.78 is 11.5. The minimum Gasteiger partial charge on any atom is -0.465 e. The number of carbonyl (C=O) groups is 3. The molecule has 0 unspecified atom stereocenters. The Kier molecular flexibility index (Phi) is 6.23. The minimum absolute atomic E-state index is 0.0329. The van der Waals surface area contributed by atoms with Gasteiger partial charge >= 0.3 is 11.9 Å². The first kappa shape index (κ1) is 20.1. The van der Waals surface area contributed by atoms with E-state index in [1.54, 1.807) is 22.8 Å². The van der Waals surface area contributed by atoms with E-state index in [4.69, 9.17) is 4.74 Å². The highest BCUT2D eigenvalue weighted by molar-refractivity contribution is 5.95. The van der Waals surface area contributed by atoms with Crippen LogP contribution in [0.3, 0.4) is 0 Å². The van der Waals surface area contributed by atoms with Crippen molar-refractivity contribution in [3.63, 3.8) is 0 Å². The fourth-order valence-electron chi connectivity index (χ4n) is 2.93. The number of esters is 2. The van der Waals surface area contributed by atoms with Gasteiger partial charge in [-0.3, -0.25) is 9.59 Å². The highest BCUT2D eigenvalue weighted by Crippen LogP contribution is 2.16. The molecule has 1 heterocycles. The Hall–Kier alpha value is -3.68. The number of anilines is 1. The molecule has 1 amide bonds. The number of rotatable bonds is 7. The Morgan fingerprint density at radius 3 is 2.66 bits per heavy atom. The Bertz CT molecular complexity index is 1060. The number of nitrogens with zero attached hydrogens (tertiary/aromatic N) is 2. The maximum absolute atomic E-state index is 12.2. The molecule has 2 aromatic carbocycles. The van der Waals surface area contributed by atoms with E-state index >= 15 is 0 Å². The largest absolute Gasteiger partial charge is 0.465 e. The van der Waals surface area contributed by atoms with Crippen molar-refractivity contribution in [3.05, 3.63) is 59.9 Å². The van der Waals surface area contributed by atoms with Gasteiger partial charge in [-0.25, -0.2) is 9.78 Å². The van der Waals surface area contributed by atoms with Crippen molar-refractivity contribution in [1.29, 1.82) is 0 Å². The molecule has 0 bridgehead atoms. The summed E-state index contributed by atoms with van der Waals surface area (Å²) in [6.45, 7) is 1.49. The zero-order valence-electron chi connectivity index (χ0n) is 16.2. The maximum atomic E-state index is 12.2. The van der Waals surface area contributed by atoms with E-state index in [0.717, 1.165) is 16.9 Å². The van der Waals surface area contributed by atoms with Gasteiger partial charge in [0.05, 0.1) is 23.7 Å². The van der Waals surface area contributed by atoms with Gasteiger partial charge in [-0.1, -0.05) is 25.1 Å². The molecule has 1 aromatic heterocycles. The average Bonchev–Trinajstić information content (AvgIpc) is 3.09. The number of hydrogen-bond acceptors (Lipinski definition) is 6. The summed E-state index contributed by atoms with van der Waals surface area (Å²) >= 11 is 0. The van der Waals surface area contributed by atoms with Crippen LogP contribution in [-0.2, 0) is 32.0 Å². The number of benzene rings is 2. The summed E-state index contributed by atoms with van der Waals surface area (Å²) in [5.41, 5.74) is 2.36. The topological polar surface area (TPSA) is 99.5 Å². The third-order valence-electron chi connectivity index (χ3n) is 4.27. The number of amides is 1. The summed E-state index contributed by atoms with van der Waals surface area (Å²) in [6.07, 6.45) is 0.666. The summed E-state index contributed by atoms with van der Waals surface area (Å²) in [5, 5.41) is 2.58. The zero-order chi connectivity index (χ0) is 20.8. The van der Waals surface area contributed by atoms with E-state index in [1.807, 2.05) is 31.2 Å². The molecule has 8 nitrogen and oxygen atoms in total. The van der Waals surface area contributed by atoms with Crippen molar-refractivity contribution >= 4 is 34.6 Å². The minimum atomic E-state index is -0.540. The van der Waals surface area contributed by atoms with Crippen molar-refractivity contribution < 1.29 is 23.9 Å². The molecule has 3 rings (SSSR count). The molecule has 29 heavy (non-hydrogen) atoms. The Morgan fingerprint density at radius 1 is 1.10 bits per heavy atom. The number of aromatic nitrogens is 2. The van der Waals surface area contributed by atoms with Gasteiger partial charge < -0.3 is 19.4 Å². The molecule has 0 saturated heterocycles. The first-order chi connectivity index (χ1) is 14.0. The van der Waals surface area contributed by atoms with Gasteiger partial charge in [-0.15, -0.1) is 0 Å². The summed E-state index contributed by atoms with van der Waals surface area (Å²) in [6, 6.07) is 13.8. The average molecular weight is 395 g/mol. The number of imidazole rings is 1. The molecule has 0 fully saturated rings.